The van der Waals surface area contributed by atoms with Gasteiger partial charge in [0.15, 0.2) is 0 Å². The SMILES string of the molecule is N[C@H]1C[C@H](OC(F)(F)F)C[C@@H]1O. The monoisotopic (exact) mass is 185 g/mol. The Labute approximate surface area is 67.3 Å². The van der Waals surface area contributed by atoms with Gasteiger partial charge in [0, 0.05) is 12.5 Å². The van der Waals surface area contributed by atoms with Crippen molar-refractivity contribution in [3.63, 3.8) is 0 Å². The summed E-state index contributed by atoms with van der Waals surface area (Å²) in [5.74, 6) is 0. The Morgan fingerprint density at radius 2 is 1.92 bits per heavy atom. The first-order valence-electron chi connectivity index (χ1n) is 3.56. The molecule has 0 radical (unpaired) electrons. The summed E-state index contributed by atoms with van der Waals surface area (Å²) in [6.45, 7) is 0. The van der Waals surface area contributed by atoms with Gasteiger partial charge in [0.25, 0.3) is 0 Å². The van der Waals surface area contributed by atoms with Crippen molar-refractivity contribution in [2.75, 3.05) is 0 Å². The highest BCUT2D eigenvalue weighted by atomic mass is 19.4. The van der Waals surface area contributed by atoms with E-state index in [-0.39, 0.29) is 12.8 Å². The van der Waals surface area contributed by atoms with Gasteiger partial charge in [-0.2, -0.15) is 0 Å². The van der Waals surface area contributed by atoms with E-state index in [1.165, 1.54) is 0 Å². The standard InChI is InChI=1S/C6H10F3NO2/c7-6(8,9)12-3-1-4(10)5(11)2-3/h3-5,11H,1-2,10H2/t3-,4-,5-/m0/s1. The third kappa shape index (κ3) is 2.62. The van der Waals surface area contributed by atoms with E-state index in [0.717, 1.165) is 0 Å². The van der Waals surface area contributed by atoms with Gasteiger partial charge < -0.3 is 10.8 Å². The maximum Gasteiger partial charge on any atom is 0.522 e. The zero-order valence-electron chi connectivity index (χ0n) is 6.21. The van der Waals surface area contributed by atoms with Gasteiger partial charge in [0.2, 0.25) is 0 Å². The number of hydrogen-bond donors (Lipinski definition) is 2. The fourth-order valence-corrected chi connectivity index (χ4v) is 1.29. The average molecular weight is 185 g/mol. The second-order valence-corrected chi connectivity index (χ2v) is 2.89. The lowest BCUT2D eigenvalue weighted by atomic mass is 10.2. The largest absolute Gasteiger partial charge is 0.522 e. The van der Waals surface area contributed by atoms with Crippen LogP contribution in [0.15, 0.2) is 0 Å². The number of aliphatic hydroxyl groups excluding tert-OH is 1. The molecule has 0 amide bonds. The van der Waals surface area contributed by atoms with Crippen molar-refractivity contribution in [2.24, 2.45) is 5.73 Å². The molecule has 3 atom stereocenters. The van der Waals surface area contributed by atoms with Crippen LogP contribution >= 0.6 is 0 Å². The number of ether oxygens (including phenoxy) is 1. The van der Waals surface area contributed by atoms with E-state index in [1.54, 1.807) is 0 Å². The van der Waals surface area contributed by atoms with Crippen LogP contribution in [0.1, 0.15) is 12.8 Å². The number of alkyl halides is 3. The molecule has 0 saturated heterocycles. The molecule has 3 N–H and O–H groups in total. The molecule has 1 fully saturated rings. The van der Waals surface area contributed by atoms with Gasteiger partial charge in [-0.05, 0) is 6.42 Å². The highest BCUT2D eigenvalue weighted by molar-refractivity contribution is 4.86. The third-order valence-electron chi connectivity index (χ3n) is 1.83. The van der Waals surface area contributed by atoms with E-state index in [4.69, 9.17) is 10.8 Å². The highest BCUT2D eigenvalue weighted by Crippen LogP contribution is 2.28. The molecule has 1 saturated carbocycles. The normalized spacial score (nSPS) is 37.2. The van der Waals surface area contributed by atoms with E-state index in [9.17, 15) is 13.2 Å². The molecule has 1 aliphatic carbocycles. The predicted octanol–water partition coefficient (Wildman–Crippen LogP) is 0.373. The molecule has 0 aromatic carbocycles. The number of hydrogen-bond acceptors (Lipinski definition) is 3. The van der Waals surface area contributed by atoms with Crippen molar-refractivity contribution in [1.29, 1.82) is 0 Å². The third-order valence-corrected chi connectivity index (χ3v) is 1.83. The molecule has 1 rings (SSSR count). The Hall–Kier alpha value is -0.330. The first-order chi connectivity index (χ1) is 5.38. The molecule has 0 spiro atoms. The van der Waals surface area contributed by atoms with Crippen LogP contribution in [-0.2, 0) is 4.74 Å². The smallest absolute Gasteiger partial charge is 0.391 e. The Bertz CT molecular complexity index is 151. The van der Waals surface area contributed by atoms with Crippen molar-refractivity contribution in [1.82, 2.24) is 0 Å². The number of aliphatic hydroxyl groups is 1. The van der Waals surface area contributed by atoms with Gasteiger partial charge in [-0.15, -0.1) is 13.2 Å². The van der Waals surface area contributed by atoms with Crippen molar-refractivity contribution in [3.05, 3.63) is 0 Å². The minimum atomic E-state index is -4.63. The number of rotatable bonds is 1. The molecule has 0 aromatic rings. The van der Waals surface area contributed by atoms with Gasteiger partial charge in [0.05, 0.1) is 12.2 Å². The van der Waals surface area contributed by atoms with Crippen molar-refractivity contribution < 1.29 is 23.0 Å². The van der Waals surface area contributed by atoms with Gasteiger partial charge in [-0.1, -0.05) is 0 Å². The molecule has 6 heteroatoms. The molecule has 0 bridgehead atoms. The van der Waals surface area contributed by atoms with Gasteiger partial charge >= 0.3 is 6.36 Å². The quantitative estimate of drug-likeness (QED) is 0.620. The van der Waals surface area contributed by atoms with Crippen LogP contribution in [0, 0.1) is 0 Å². The van der Waals surface area contributed by atoms with E-state index >= 15 is 0 Å². The summed E-state index contributed by atoms with van der Waals surface area (Å²) in [5.41, 5.74) is 5.29. The fraction of sp³-hybridized carbons (Fsp3) is 1.00. The molecule has 72 valence electrons. The molecule has 0 aromatic heterocycles. The average Bonchev–Trinajstić information content (AvgIpc) is 2.07. The van der Waals surface area contributed by atoms with Crippen LogP contribution in [0.2, 0.25) is 0 Å². The molecule has 0 unspecified atom stereocenters. The van der Waals surface area contributed by atoms with Crippen molar-refractivity contribution >= 4 is 0 Å². The van der Waals surface area contributed by atoms with Crippen LogP contribution in [0.3, 0.4) is 0 Å². The topological polar surface area (TPSA) is 55.5 Å². The first-order valence-corrected chi connectivity index (χ1v) is 3.56. The molecular weight excluding hydrogens is 175 g/mol. The minimum Gasteiger partial charge on any atom is -0.391 e. The van der Waals surface area contributed by atoms with Crippen molar-refractivity contribution in [2.45, 2.75) is 37.5 Å². The summed E-state index contributed by atoms with van der Waals surface area (Å²) < 4.78 is 38.6. The maximum absolute atomic E-state index is 11.6. The van der Waals surface area contributed by atoms with Gasteiger partial charge in [-0.3, -0.25) is 4.74 Å². The van der Waals surface area contributed by atoms with Gasteiger partial charge in [0.1, 0.15) is 0 Å². The lowest BCUT2D eigenvalue weighted by molar-refractivity contribution is -0.342. The first kappa shape index (κ1) is 9.76. The van der Waals surface area contributed by atoms with Gasteiger partial charge in [-0.25, -0.2) is 0 Å². The van der Waals surface area contributed by atoms with Crippen molar-refractivity contribution in [3.8, 4) is 0 Å². The molecule has 1 aliphatic rings. The number of nitrogens with two attached hydrogens (primary N) is 1. The summed E-state index contributed by atoms with van der Waals surface area (Å²) in [5, 5.41) is 8.99. The minimum absolute atomic E-state index is 0.0410. The molecule has 0 heterocycles. The van der Waals surface area contributed by atoms with E-state index < -0.39 is 24.6 Å². The Kier molecular flexibility index (Phi) is 2.60. The fourth-order valence-electron chi connectivity index (χ4n) is 1.29. The van der Waals surface area contributed by atoms with Crippen LogP contribution in [0.5, 0.6) is 0 Å². The highest BCUT2D eigenvalue weighted by Gasteiger charge is 2.39. The predicted molar refractivity (Wildman–Crippen MR) is 34.1 cm³/mol. The van der Waals surface area contributed by atoms with Crippen LogP contribution in [0.4, 0.5) is 13.2 Å². The lowest BCUT2D eigenvalue weighted by Crippen LogP contribution is -2.28. The van der Waals surface area contributed by atoms with Crippen LogP contribution in [-0.4, -0.2) is 29.7 Å². The van der Waals surface area contributed by atoms with E-state index in [1.807, 2.05) is 0 Å². The van der Waals surface area contributed by atoms with Crippen LogP contribution < -0.4 is 5.73 Å². The molecule has 0 aliphatic heterocycles. The summed E-state index contributed by atoms with van der Waals surface area (Å²) >= 11 is 0. The molecule has 3 nitrogen and oxygen atoms in total. The Morgan fingerprint density at radius 1 is 1.33 bits per heavy atom. The summed E-state index contributed by atoms with van der Waals surface area (Å²) in [4.78, 5) is 0. The lowest BCUT2D eigenvalue weighted by Gasteiger charge is -2.12. The Morgan fingerprint density at radius 3 is 2.25 bits per heavy atom. The van der Waals surface area contributed by atoms with E-state index in [2.05, 4.69) is 4.74 Å². The second-order valence-electron chi connectivity index (χ2n) is 2.89. The zero-order chi connectivity index (χ0) is 9.35. The van der Waals surface area contributed by atoms with Crippen LogP contribution in [0.25, 0.3) is 0 Å². The molecule has 12 heavy (non-hydrogen) atoms. The second kappa shape index (κ2) is 3.20. The van der Waals surface area contributed by atoms with E-state index in [0.29, 0.717) is 0 Å². The zero-order valence-corrected chi connectivity index (χ0v) is 6.21. The summed E-state index contributed by atoms with van der Waals surface area (Å²) in [6.07, 6.45) is -6.48. The summed E-state index contributed by atoms with van der Waals surface area (Å²) in [7, 11) is 0. The maximum atomic E-state index is 11.6. The summed E-state index contributed by atoms with van der Waals surface area (Å²) in [6, 6.07) is -0.600. The Balaban J connectivity index is 2.38. The number of halogens is 3. The molecular formula is C6H10F3NO2.